The average molecular weight is 620 g/mol. The van der Waals surface area contributed by atoms with E-state index in [2.05, 4.69) is 99.6 Å². The van der Waals surface area contributed by atoms with E-state index in [0.29, 0.717) is 16.9 Å². The van der Waals surface area contributed by atoms with E-state index in [1.165, 1.54) is 15.6 Å². The van der Waals surface area contributed by atoms with Crippen LogP contribution in [0.2, 0.25) is 5.02 Å². The summed E-state index contributed by atoms with van der Waals surface area (Å²) in [6, 6.07) is 12.3. The van der Waals surface area contributed by atoms with Gasteiger partial charge in [0.1, 0.15) is 0 Å². The van der Waals surface area contributed by atoms with E-state index >= 15 is 0 Å². The van der Waals surface area contributed by atoms with Gasteiger partial charge in [-0.05, 0) is 97.2 Å². The Bertz CT molecular complexity index is 1240. The highest BCUT2D eigenvalue weighted by Crippen LogP contribution is 2.46. The molecule has 5 nitrogen and oxygen atoms in total. The quantitative estimate of drug-likeness (QED) is 0.245. The van der Waals surface area contributed by atoms with E-state index in [1.807, 2.05) is 18.3 Å². The number of nitrogens with one attached hydrogen (secondary N) is 2. The molecule has 2 saturated heterocycles. The Labute approximate surface area is 231 Å². The lowest BCUT2D eigenvalue weighted by molar-refractivity contribution is 0.357. The van der Waals surface area contributed by atoms with Gasteiger partial charge >= 0.3 is 0 Å². The predicted molar refractivity (Wildman–Crippen MR) is 158 cm³/mol. The monoisotopic (exact) mass is 619 g/mol. The third kappa shape index (κ3) is 4.67. The molecule has 2 aliphatic rings. The Kier molecular flexibility index (Phi) is 7.03. The maximum Gasteiger partial charge on any atom is 0.174 e. The van der Waals surface area contributed by atoms with Gasteiger partial charge in [-0.25, -0.2) is 0 Å². The van der Waals surface area contributed by atoms with E-state index in [-0.39, 0.29) is 12.1 Å². The second-order valence-electron chi connectivity index (χ2n) is 10.1. The van der Waals surface area contributed by atoms with Gasteiger partial charge in [-0.1, -0.05) is 31.5 Å². The first kappa shape index (κ1) is 24.8. The third-order valence-electron chi connectivity index (χ3n) is 7.16. The van der Waals surface area contributed by atoms with E-state index in [0.717, 1.165) is 46.6 Å². The zero-order valence-corrected chi connectivity index (χ0v) is 24.2. The Balaban J connectivity index is 1.57. The van der Waals surface area contributed by atoms with Crippen LogP contribution in [0.3, 0.4) is 0 Å². The molecule has 2 aliphatic heterocycles. The Morgan fingerprint density at radius 2 is 1.83 bits per heavy atom. The molecule has 5 rings (SSSR count). The highest BCUT2D eigenvalue weighted by molar-refractivity contribution is 14.1. The first-order valence-corrected chi connectivity index (χ1v) is 14.0. The van der Waals surface area contributed by atoms with E-state index in [1.54, 1.807) is 0 Å². The summed E-state index contributed by atoms with van der Waals surface area (Å²) in [5, 5.41) is 5.02. The molecule has 3 aromatic rings. The van der Waals surface area contributed by atoms with Crippen LogP contribution in [-0.4, -0.2) is 28.2 Å². The number of nitrogens with zero attached hydrogens (tertiary/aromatic N) is 3. The summed E-state index contributed by atoms with van der Waals surface area (Å²) in [5.74, 6) is 1.32. The molecule has 8 heteroatoms. The van der Waals surface area contributed by atoms with Crippen molar-refractivity contribution in [3.8, 4) is 0 Å². The lowest BCUT2D eigenvalue weighted by atomic mass is 9.91. The minimum Gasteiger partial charge on any atom is -0.370 e. The molecule has 4 atom stereocenters. The summed E-state index contributed by atoms with van der Waals surface area (Å²) in [4.78, 5) is 12.8. The number of hydrogen-bond donors (Lipinski definition) is 2. The van der Waals surface area contributed by atoms with Crippen LogP contribution < -0.4 is 15.1 Å². The van der Waals surface area contributed by atoms with Crippen molar-refractivity contribution in [2.75, 3.05) is 22.9 Å². The number of halogens is 2. The Morgan fingerprint density at radius 3 is 2.43 bits per heavy atom. The second-order valence-corrected chi connectivity index (χ2v) is 12.0. The first-order valence-electron chi connectivity index (χ1n) is 12.1. The van der Waals surface area contributed by atoms with Crippen molar-refractivity contribution in [2.24, 2.45) is 11.8 Å². The fraction of sp³-hybridized carbons (Fsp3) is 0.407. The number of benzene rings is 1. The Hall–Kier alpha value is -1.84. The number of aromatic nitrogens is 2. The highest BCUT2D eigenvalue weighted by atomic mass is 127. The molecule has 0 aliphatic carbocycles. The van der Waals surface area contributed by atoms with Crippen molar-refractivity contribution >= 4 is 62.9 Å². The zero-order chi connectivity index (χ0) is 24.9. The van der Waals surface area contributed by atoms with Crippen LogP contribution in [0.25, 0.3) is 0 Å². The molecule has 0 bridgehead atoms. The van der Waals surface area contributed by atoms with Crippen LogP contribution in [0.5, 0.6) is 0 Å². The standard InChI is InChI=1S/C27H31ClIN5S/c1-15-11-16(2)14-33(13-15)22-9-8-19(12-20(22)28)34-26(23-17(3)31-18(4)24(23)29)25(32-27(34)35)21-7-5-6-10-30-21/h5-10,12,15-16,25-26,31H,11,13-14H2,1-4H3,(H,32,35)/t15-,16-,25-,26+/m0/s1. The molecule has 35 heavy (non-hydrogen) atoms. The number of rotatable bonds is 4. The van der Waals surface area contributed by atoms with Crippen LogP contribution in [0.4, 0.5) is 11.4 Å². The molecule has 4 heterocycles. The van der Waals surface area contributed by atoms with Gasteiger partial charge < -0.3 is 20.1 Å². The molecule has 2 fully saturated rings. The minimum atomic E-state index is -0.0756. The summed E-state index contributed by atoms with van der Waals surface area (Å²) < 4.78 is 1.22. The summed E-state index contributed by atoms with van der Waals surface area (Å²) in [7, 11) is 0. The molecule has 0 amide bonds. The number of piperidine rings is 1. The van der Waals surface area contributed by atoms with E-state index in [9.17, 15) is 0 Å². The SMILES string of the molecule is Cc1[nH]c(C)c([C@@H]2[C@H](c3ccccn3)NC(=S)N2c2ccc(N3C[C@@H](C)C[C@H](C)C3)c(Cl)c2)c1I. The molecule has 184 valence electrons. The molecular formula is C27H31ClIN5S. The van der Waals surface area contributed by atoms with Gasteiger partial charge in [-0.3, -0.25) is 4.98 Å². The predicted octanol–water partition coefficient (Wildman–Crippen LogP) is 6.94. The van der Waals surface area contributed by atoms with Crippen molar-refractivity contribution in [3.63, 3.8) is 0 Å². The summed E-state index contributed by atoms with van der Waals surface area (Å²) in [5.41, 5.74) is 6.62. The molecule has 0 spiro atoms. The molecule has 1 aromatic carbocycles. The molecule has 2 aromatic heterocycles. The van der Waals surface area contributed by atoms with Gasteiger partial charge in [-0.2, -0.15) is 0 Å². The van der Waals surface area contributed by atoms with Gasteiger partial charge in [-0.15, -0.1) is 0 Å². The van der Waals surface area contributed by atoms with Crippen molar-refractivity contribution in [1.82, 2.24) is 15.3 Å². The molecule has 0 unspecified atom stereocenters. The van der Waals surface area contributed by atoms with Crippen LogP contribution in [-0.2, 0) is 0 Å². The smallest absolute Gasteiger partial charge is 0.174 e. The van der Waals surface area contributed by atoms with Crippen LogP contribution in [0.15, 0.2) is 42.6 Å². The number of anilines is 2. The van der Waals surface area contributed by atoms with Gasteiger partial charge in [0.25, 0.3) is 0 Å². The van der Waals surface area contributed by atoms with Gasteiger partial charge in [0.2, 0.25) is 0 Å². The topological polar surface area (TPSA) is 47.2 Å². The third-order valence-corrected chi connectivity index (χ3v) is 9.16. The molecule has 0 saturated carbocycles. The molecule has 0 radical (unpaired) electrons. The summed E-state index contributed by atoms with van der Waals surface area (Å²) in [6.45, 7) is 11.0. The zero-order valence-electron chi connectivity index (χ0n) is 20.5. The number of aryl methyl sites for hydroxylation is 2. The Morgan fingerprint density at radius 1 is 1.09 bits per heavy atom. The van der Waals surface area contributed by atoms with E-state index < -0.39 is 0 Å². The average Bonchev–Trinajstić information content (AvgIpc) is 3.27. The highest BCUT2D eigenvalue weighted by Gasteiger charge is 2.43. The number of thiocarbonyl (C=S) groups is 1. The van der Waals surface area contributed by atoms with Crippen molar-refractivity contribution in [3.05, 3.63) is 73.8 Å². The van der Waals surface area contributed by atoms with Gasteiger partial charge in [0.15, 0.2) is 5.11 Å². The number of aromatic amines is 1. The van der Waals surface area contributed by atoms with Crippen molar-refractivity contribution in [2.45, 2.75) is 46.2 Å². The summed E-state index contributed by atoms with van der Waals surface area (Å²) in [6.07, 6.45) is 3.11. The largest absolute Gasteiger partial charge is 0.370 e. The van der Waals surface area contributed by atoms with Gasteiger partial charge in [0, 0.05) is 45.5 Å². The second kappa shape index (κ2) is 9.90. The number of H-pyrrole nitrogens is 1. The van der Waals surface area contributed by atoms with Crippen molar-refractivity contribution in [1.29, 1.82) is 0 Å². The maximum absolute atomic E-state index is 6.95. The lowest BCUT2D eigenvalue weighted by Crippen LogP contribution is -2.38. The number of pyridine rings is 1. The molecular weight excluding hydrogens is 589 g/mol. The van der Waals surface area contributed by atoms with Crippen LogP contribution in [0, 0.1) is 29.3 Å². The maximum atomic E-state index is 6.95. The van der Waals surface area contributed by atoms with Crippen LogP contribution >= 0.6 is 46.4 Å². The lowest BCUT2D eigenvalue weighted by Gasteiger charge is -2.37. The van der Waals surface area contributed by atoms with Gasteiger partial charge in [0.05, 0.1) is 28.5 Å². The van der Waals surface area contributed by atoms with Crippen LogP contribution in [0.1, 0.15) is 55.0 Å². The van der Waals surface area contributed by atoms with E-state index in [4.69, 9.17) is 23.8 Å². The van der Waals surface area contributed by atoms with Crippen molar-refractivity contribution < 1.29 is 0 Å². The normalized spacial score (nSPS) is 24.7. The number of hydrogen-bond acceptors (Lipinski definition) is 3. The fourth-order valence-electron chi connectivity index (χ4n) is 5.81. The minimum absolute atomic E-state index is 0.0498. The fourth-order valence-corrected chi connectivity index (χ4v) is 7.31. The first-order chi connectivity index (χ1) is 16.7. The summed E-state index contributed by atoms with van der Waals surface area (Å²) >= 11 is 15.3. The molecule has 2 N–H and O–H groups in total.